The number of carbonyl (C=O) groups excluding carboxylic acids is 2. The maximum Gasteiger partial charge on any atom is 0.416 e. The number of sulfone groups is 1. The van der Waals surface area contributed by atoms with E-state index in [0.717, 1.165) is 6.92 Å². The molecule has 2 unspecified atom stereocenters. The number of carbonyl (C=O) groups is 2. The average Bonchev–Trinajstić information content (AvgIpc) is 2.86. The highest BCUT2D eigenvalue weighted by molar-refractivity contribution is 7.91. The van der Waals surface area contributed by atoms with E-state index in [-0.39, 0.29) is 12.6 Å². The lowest BCUT2D eigenvalue weighted by Crippen LogP contribution is -2.51. The summed E-state index contributed by atoms with van der Waals surface area (Å²) in [5.41, 5.74) is -2.88. The Hall–Kier alpha value is -3.36. The lowest BCUT2D eigenvalue weighted by Gasteiger charge is -2.37. The van der Waals surface area contributed by atoms with E-state index in [1.807, 2.05) is 0 Å². The average molecular weight is 613 g/mol. The summed E-state index contributed by atoms with van der Waals surface area (Å²) in [5.74, 6) is -2.80. The van der Waals surface area contributed by atoms with Crippen LogP contribution in [-0.2, 0) is 38.1 Å². The quantitative estimate of drug-likeness (QED) is 0.310. The van der Waals surface area contributed by atoms with Crippen LogP contribution in [0.5, 0.6) is 0 Å². The van der Waals surface area contributed by atoms with Crippen LogP contribution in [0.4, 0.5) is 35.5 Å². The molecule has 1 aliphatic heterocycles. The van der Waals surface area contributed by atoms with Crippen LogP contribution in [0.3, 0.4) is 0 Å². The van der Waals surface area contributed by atoms with Gasteiger partial charge >= 0.3 is 24.4 Å². The number of halogens is 7. The molecular weight excluding hydrogens is 585 g/mol. The second kappa shape index (κ2) is 12.2. The van der Waals surface area contributed by atoms with Gasteiger partial charge in [-0.1, -0.05) is 6.07 Å². The molecule has 2 atom stereocenters. The van der Waals surface area contributed by atoms with Gasteiger partial charge in [0.2, 0.25) is 9.84 Å². The zero-order chi connectivity index (χ0) is 30.8. The first-order valence-corrected chi connectivity index (χ1v) is 14.1. The standard InChI is InChI=1S/C26H27F7N2O5S/c1-15-9-20(27)6-7-21(15)22-5-3-4-8-35(22)24(37)34-23(41(38,39)14-40-16(2)36)12-17-10-18(25(28,29)30)13-19(11-17)26(31,32)33/h6-7,9-11,13,22-23H,3-5,8,12,14H2,1-2H3,(H,34,37). The lowest BCUT2D eigenvalue weighted by atomic mass is 9.92. The summed E-state index contributed by atoms with van der Waals surface area (Å²) in [6, 6.07) is 3.00. The number of alkyl halides is 6. The minimum Gasteiger partial charge on any atom is -0.449 e. The number of likely N-dealkylation sites (tertiary alicyclic amines) is 1. The monoisotopic (exact) mass is 612 g/mol. The number of hydrogen-bond donors (Lipinski definition) is 1. The molecule has 1 N–H and O–H groups in total. The van der Waals surface area contributed by atoms with Crippen molar-refractivity contribution in [3.8, 4) is 0 Å². The predicted molar refractivity (Wildman–Crippen MR) is 132 cm³/mol. The van der Waals surface area contributed by atoms with Crippen molar-refractivity contribution in [2.75, 3.05) is 12.5 Å². The van der Waals surface area contributed by atoms with Crippen LogP contribution in [0.1, 0.15) is 60.0 Å². The zero-order valence-corrected chi connectivity index (χ0v) is 22.7. The number of nitrogens with zero attached hydrogens (tertiary/aromatic N) is 1. The van der Waals surface area contributed by atoms with Gasteiger partial charge in [0, 0.05) is 19.9 Å². The molecule has 0 bridgehead atoms. The molecule has 2 aromatic carbocycles. The number of benzene rings is 2. The lowest BCUT2D eigenvalue weighted by molar-refractivity contribution is -0.143. The maximum absolute atomic E-state index is 13.7. The van der Waals surface area contributed by atoms with Crippen LogP contribution >= 0.6 is 0 Å². The first kappa shape index (κ1) is 32.2. The fourth-order valence-electron chi connectivity index (χ4n) is 4.60. The molecule has 15 heteroatoms. The summed E-state index contributed by atoms with van der Waals surface area (Å²) in [6.07, 6.45) is -9.70. The van der Waals surface area contributed by atoms with E-state index in [1.54, 1.807) is 6.92 Å². The van der Waals surface area contributed by atoms with Gasteiger partial charge in [-0.25, -0.2) is 17.6 Å². The summed E-state index contributed by atoms with van der Waals surface area (Å²) < 4.78 is 125. The van der Waals surface area contributed by atoms with Crippen molar-refractivity contribution in [3.05, 3.63) is 70.0 Å². The molecular formula is C26H27F7N2O5S. The predicted octanol–water partition coefficient (Wildman–Crippen LogP) is 5.91. The molecule has 3 rings (SSSR count). The molecule has 1 saturated heterocycles. The molecule has 2 aromatic rings. The van der Waals surface area contributed by atoms with Gasteiger partial charge in [0.05, 0.1) is 17.2 Å². The van der Waals surface area contributed by atoms with Crippen molar-refractivity contribution in [2.45, 2.75) is 63.3 Å². The second-order valence-corrected chi connectivity index (χ2v) is 11.8. The highest BCUT2D eigenvalue weighted by Gasteiger charge is 2.39. The van der Waals surface area contributed by atoms with E-state index in [1.165, 1.54) is 23.1 Å². The largest absolute Gasteiger partial charge is 0.449 e. The third-order valence-electron chi connectivity index (χ3n) is 6.57. The summed E-state index contributed by atoms with van der Waals surface area (Å²) in [5, 5.41) is 0.158. The van der Waals surface area contributed by atoms with Crippen LogP contribution in [0.25, 0.3) is 0 Å². The highest BCUT2D eigenvalue weighted by Crippen LogP contribution is 2.37. The Morgan fingerprint density at radius 1 is 1.02 bits per heavy atom. The Morgan fingerprint density at radius 3 is 2.17 bits per heavy atom. The molecule has 0 aromatic heterocycles. The Bertz CT molecular complexity index is 1360. The van der Waals surface area contributed by atoms with Crippen molar-refractivity contribution in [3.63, 3.8) is 0 Å². The van der Waals surface area contributed by atoms with Crippen LogP contribution in [0.2, 0.25) is 0 Å². The molecule has 1 aliphatic rings. The van der Waals surface area contributed by atoms with Crippen molar-refractivity contribution in [1.82, 2.24) is 10.2 Å². The third-order valence-corrected chi connectivity index (χ3v) is 8.17. The Morgan fingerprint density at radius 2 is 1.63 bits per heavy atom. The normalized spacial score (nSPS) is 17.2. The van der Waals surface area contributed by atoms with E-state index >= 15 is 0 Å². The van der Waals surface area contributed by atoms with E-state index in [4.69, 9.17) is 0 Å². The number of aryl methyl sites for hydroxylation is 1. The Labute approximate surface area is 231 Å². The van der Waals surface area contributed by atoms with Gasteiger partial charge in [0.15, 0.2) is 5.94 Å². The molecule has 1 fully saturated rings. The van der Waals surface area contributed by atoms with Crippen LogP contribution < -0.4 is 5.32 Å². The highest BCUT2D eigenvalue weighted by atomic mass is 32.2. The molecule has 226 valence electrons. The summed E-state index contributed by atoms with van der Waals surface area (Å²) in [7, 11) is -4.66. The van der Waals surface area contributed by atoms with Gasteiger partial charge in [0.25, 0.3) is 0 Å². The van der Waals surface area contributed by atoms with Crippen LogP contribution in [0, 0.1) is 12.7 Å². The van der Waals surface area contributed by atoms with Crippen LogP contribution in [0.15, 0.2) is 36.4 Å². The van der Waals surface area contributed by atoms with Gasteiger partial charge in [0.1, 0.15) is 11.2 Å². The molecule has 0 saturated carbocycles. The minimum absolute atomic E-state index is 0.103. The summed E-state index contributed by atoms with van der Waals surface area (Å²) in [6.45, 7) is 2.67. The fraction of sp³-hybridized carbons (Fsp3) is 0.462. The van der Waals surface area contributed by atoms with E-state index in [2.05, 4.69) is 10.1 Å². The SMILES string of the molecule is CC(=O)OCS(=O)(=O)C(Cc1cc(C(F)(F)F)cc(C(F)(F)F)c1)NC(=O)N1CCCCC1c1ccc(F)cc1C. The van der Waals surface area contributed by atoms with Gasteiger partial charge < -0.3 is 15.0 Å². The summed E-state index contributed by atoms with van der Waals surface area (Å²) in [4.78, 5) is 25.9. The number of esters is 1. The van der Waals surface area contributed by atoms with Gasteiger partial charge in [-0.2, -0.15) is 26.3 Å². The molecule has 41 heavy (non-hydrogen) atoms. The Kier molecular flexibility index (Phi) is 9.61. The number of hydrogen-bond acceptors (Lipinski definition) is 5. The fourth-order valence-corrected chi connectivity index (χ4v) is 5.82. The van der Waals surface area contributed by atoms with E-state index in [0.29, 0.717) is 42.5 Å². The number of urea groups is 1. The van der Waals surface area contributed by atoms with Gasteiger partial charge in [-0.3, -0.25) is 4.79 Å². The molecule has 1 heterocycles. The third kappa shape index (κ3) is 8.33. The van der Waals surface area contributed by atoms with Gasteiger partial charge in [-0.05, 0) is 73.2 Å². The van der Waals surface area contributed by atoms with Crippen molar-refractivity contribution in [2.24, 2.45) is 0 Å². The van der Waals surface area contributed by atoms with Crippen LogP contribution in [-0.4, -0.2) is 43.2 Å². The number of rotatable bonds is 7. The van der Waals surface area contributed by atoms with Gasteiger partial charge in [-0.15, -0.1) is 0 Å². The number of amides is 2. The van der Waals surface area contributed by atoms with E-state index < -0.39 is 80.5 Å². The second-order valence-electron chi connectivity index (χ2n) is 9.68. The van der Waals surface area contributed by atoms with Crippen molar-refractivity contribution >= 4 is 21.8 Å². The molecule has 0 aliphatic carbocycles. The van der Waals surface area contributed by atoms with E-state index in [9.17, 15) is 48.7 Å². The van der Waals surface area contributed by atoms with Crippen molar-refractivity contribution < 1.29 is 53.5 Å². The smallest absolute Gasteiger partial charge is 0.416 e. The first-order valence-electron chi connectivity index (χ1n) is 12.3. The molecule has 2 amide bonds. The zero-order valence-electron chi connectivity index (χ0n) is 21.9. The maximum atomic E-state index is 13.7. The topological polar surface area (TPSA) is 92.8 Å². The summed E-state index contributed by atoms with van der Waals surface area (Å²) >= 11 is 0. The minimum atomic E-state index is -5.18. The first-order chi connectivity index (χ1) is 18.9. The number of ether oxygens (including phenoxy) is 1. The number of piperidine rings is 1. The molecule has 0 radical (unpaired) electrons. The molecule has 7 nitrogen and oxygen atoms in total. The number of nitrogens with one attached hydrogen (secondary N) is 1. The Balaban J connectivity index is 2.00. The van der Waals surface area contributed by atoms with Crippen molar-refractivity contribution in [1.29, 1.82) is 0 Å². The molecule has 0 spiro atoms.